The van der Waals surface area contributed by atoms with Crippen molar-refractivity contribution < 1.29 is 18.3 Å². The minimum atomic E-state index is -3.21. The normalized spacial score (nSPS) is 33.4. The molecule has 0 bridgehead atoms. The van der Waals surface area contributed by atoms with Gasteiger partial charge in [-0.1, -0.05) is 0 Å². The van der Waals surface area contributed by atoms with Crippen LogP contribution in [0.15, 0.2) is 0 Å². The van der Waals surface area contributed by atoms with Crippen molar-refractivity contribution >= 4 is 15.9 Å². The first-order valence-electron chi connectivity index (χ1n) is 8.15. The number of carbonyl (C=O) groups excluding carboxylic acids is 1. The molecule has 2 atom stereocenters. The van der Waals surface area contributed by atoms with Crippen LogP contribution in [0.1, 0.15) is 25.7 Å². The molecular weight excluding hydrogens is 306 g/mol. The first kappa shape index (κ1) is 16.2. The lowest BCUT2D eigenvalue weighted by atomic mass is 10.1. The zero-order chi connectivity index (χ0) is 15.7. The summed E-state index contributed by atoms with van der Waals surface area (Å²) in [6, 6.07) is 0.233. The highest BCUT2D eigenvalue weighted by atomic mass is 32.2. The predicted molar refractivity (Wildman–Crippen MR) is 81.8 cm³/mol. The fourth-order valence-corrected chi connectivity index (χ4v) is 5.24. The van der Waals surface area contributed by atoms with Crippen molar-refractivity contribution in [3.8, 4) is 0 Å². The third-order valence-corrected chi connectivity index (χ3v) is 7.00. The summed E-state index contributed by atoms with van der Waals surface area (Å²) in [5.41, 5.74) is 0. The third kappa shape index (κ3) is 3.29. The Morgan fingerprint density at radius 1 is 1.05 bits per heavy atom. The molecule has 2 saturated heterocycles. The number of piperazine rings is 1. The van der Waals surface area contributed by atoms with Gasteiger partial charge in [0.25, 0.3) is 0 Å². The van der Waals surface area contributed by atoms with Crippen LogP contribution in [0, 0.1) is 0 Å². The molecule has 7 nitrogen and oxygen atoms in total. The largest absolute Gasteiger partial charge is 0.391 e. The molecule has 0 radical (unpaired) electrons. The van der Waals surface area contributed by atoms with Gasteiger partial charge in [0.2, 0.25) is 15.9 Å². The average Bonchev–Trinajstić information content (AvgIpc) is 3.05. The van der Waals surface area contributed by atoms with Gasteiger partial charge in [-0.05, 0) is 25.7 Å². The first-order valence-corrected chi connectivity index (χ1v) is 9.76. The van der Waals surface area contributed by atoms with Gasteiger partial charge in [-0.2, -0.15) is 4.31 Å². The Morgan fingerprint density at radius 3 is 2.32 bits per heavy atom. The van der Waals surface area contributed by atoms with Crippen molar-refractivity contribution in [3.63, 3.8) is 0 Å². The Labute approximate surface area is 131 Å². The zero-order valence-electron chi connectivity index (χ0n) is 12.9. The molecule has 0 unspecified atom stereocenters. The Kier molecular flexibility index (Phi) is 4.72. The van der Waals surface area contributed by atoms with Crippen LogP contribution in [0.2, 0.25) is 0 Å². The van der Waals surface area contributed by atoms with Gasteiger partial charge in [0.15, 0.2) is 0 Å². The van der Waals surface area contributed by atoms with Crippen molar-refractivity contribution in [1.29, 1.82) is 0 Å². The molecular formula is C14H25N3O4S. The van der Waals surface area contributed by atoms with E-state index >= 15 is 0 Å². The number of amides is 1. The minimum absolute atomic E-state index is 0.0195. The van der Waals surface area contributed by atoms with E-state index in [1.807, 2.05) is 0 Å². The van der Waals surface area contributed by atoms with Crippen molar-refractivity contribution in [3.05, 3.63) is 0 Å². The van der Waals surface area contributed by atoms with Crippen molar-refractivity contribution in [2.75, 3.05) is 45.0 Å². The van der Waals surface area contributed by atoms with Gasteiger partial charge in [-0.25, -0.2) is 8.42 Å². The number of aliphatic hydroxyl groups is 1. The van der Waals surface area contributed by atoms with Gasteiger partial charge in [0, 0.05) is 38.8 Å². The van der Waals surface area contributed by atoms with Crippen LogP contribution < -0.4 is 0 Å². The second kappa shape index (κ2) is 6.43. The molecule has 1 saturated carbocycles. The fourth-order valence-electron chi connectivity index (χ4n) is 3.77. The van der Waals surface area contributed by atoms with Gasteiger partial charge >= 0.3 is 0 Å². The SMILES string of the molecule is O=C(CN1CCCS1(=O)=O)N1CCN([C@@H]2CCC[C@H]2O)CC1. The summed E-state index contributed by atoms with van der Waals surface area (Å²) in [4.78, 5) is 16.3. The monoisotopic (exact) mass is 331 g/mol. The number of carbonyl (C=O) groups is 1. The molecule has 0 aromatic carbocycles. The number of aliphatic hydroxyl groups excluding tert-OH is 1. The van der Waals surface area contributed by atoms with E-state index < -0.39 is 10.0 Å². The van der Waals surface area contributed by atoms with Gasteiger partial charge in [-0.3, -0.25) is 9.69 Å². The van der Waals surface area contributed by atoms with E-state index in [4.69, 9.17) is 0 Å². The molecule has 2 aliphatic heterocycles. The topological polar surface area (TPSA) is 81.2 Å². The van der Waals surface area contributed by atoms with Gasteiger partial charge < -0.3 is 10.0 Å². The van der Waals surface area contributed by atoms with E-state index in [-0.39, 0.29) is 30.4 Å². The highest BCUT2D eigenvalue weighted by molar-refractivity contribution is 7.89. The Balaban J connectivity index is 1.50. The second-order valence-corrected chi connectivity index (χ2v) is 8.57. The van der Waals surface area contributed by atoms with E-state index in [0.29, 0.717) is 26.1 Å². The maximum atomic E-state index is 12.3. The minimum Gasteiger partial charge on any atom is -0.391 e. The molecule has 126 valence electrons. The number of hydrogen-bond acceptors (Lipinski definition) is 5. The lowest BCUT2D eigenvalue weighted by molar-refractivity contribution is -0.133. The number of rotatable bonds is 3. The quantitative estimate of drug-likeness (QED) is 0.723. The van der Waals surface area contributed by atoms with E-state index in [0.717, 1.165) is 32.4 Å². The molecule has 0 spiro atoms. The molecule has 1 aliphatic carbocycles. The van der Waals surface area contributed by atoms with E-state index in [1.54, 1.807) is 4.90 Å². The van der Waals surface area contributed by atoms with Crippen LogP contribution in [0.3, 0.4) is 0 Å². The van der Waals surface area contributed by atoms with Gasteiger partial charge in [0.05, 0.1) is 18.4 Å². The molecule has 1 amide bonds. The third-order valence-electron chi connectivity index (χ3n) is 5.09. The molecule has 3 aliphatic rings. The molecule has 0 aromatic heterocycles. The molecule has 0 aromatic rings. The zero-order valence-corrected chi connectivity index (χ0v) is 13.7. The Bertz CT molecular complexity index is 516. The summed E-state index contributed by atoms with van der Waals surface area (Å²) in [6.45, 7) is 3.21. The van der Waals surface area contributed by atoms with Crippen LogP contribution in [0.25, 0.3) is 0 Å². The summed E-state index contributed by atoms with van der Waals surface area (Å²) in [6.07, 6.45) is 3.34. The molecule has 8 heteroatoms. The highest BCUT2D eigenvalue weighted by Crippen LogP contribution is 2.25. The lowest BCUT2D eigenvalue weighted by Crippen LogP contribution is -2.55. The van der Waals surface area contributed by atoms with Crippen LogP contribution in [-0.4, -0.2) is 90.7 Å². The van der Waals surface area contributed by atoms with E-state index in [2.05, 4.69) is 4.90 Å². The molecule has 2 heterocycles. The summed E-state index contributed by atoms with van der Waals surface area (Å²) in [5.74, 6) is 0.0604. The van der Waals surface area contributed by atoms with Gasteiger partial charge in [-0.15, -0.1) is 0 Å². The average molecular weight is 331 g/mol. The Morgan fingerprint density at radius 2 is 1.77 bits per heavy atom. The Hall–Kier alpha value is -0.700. The first-order chi connectivity index (χ1) is 10.5. The van der Waals surface area contributed by atoms with Crippen molar-refractivity contribution in [2.24, 2.45) is 0 Å². The molecule has 3 rings (SSSR count). The molecule has 1 N–H and O–H groups in total. The molecule has 22 heavy (non-hydrogen) atoms. The van der Waals surface area contributed by atoms with Crippen LogP contribution >= 0.6 is 0 Å². The van der Waals surface area contributed by atoms with Crippen LogP contribution in [0.4, 0.5) is 0 Å². The summed E-state index contributed by atoms with van der Waals surface area (Å²) < 4.78 is 24.8. The van der Waals surface area contributed by atoms with Crippen molar-refractivity contribution in [2.45, 2.75) is 37.8 Å². The lowest BCUT2D eigenvalue weighted by Gasteiger charge is -2.39. The predicted octanol–water partition coefficient (Wildman–Crippen LogP) is -0.920. The smallest absolute Gasteiger partial charge is 0.237 e. The maximum absolute atomic E-state index is 12.3. The summed E-state index contributed by atoms with van der Waals surface area (Å²) in [5, 5.41) is 9.97. The van der Waals surface area contributed by atoms with Crippen LogP contribution in [0.5, 0.6) is 0 Å². The summed E-state index contributed by atoms with van der Waals surface area (Å²) >= 11 is 0. The summed E-state index contributed by atoms with van der Waals surface area (Å²) in [7, 11) is -3.21. The van der Waals surface area contributed by atoms with E-state index in [1.165, 1.54) is 4.31 Å². The maximum Gasteiger partial charge on any atom is 0.237 e. The molecule has 3 fully saturated rings. The van der Waals surface area contributed by atoms with E-state index in [9.17, 15) is 18.3 Å². The highest BCUT2D eigenvalue weighted by Gasteiger charge is 2.35. The second-order valence-electron chi connectivity index (χ2n) is 6.49. The number of sulfonamides is 1. The van der Waals surface area contributed by atoms with Gasteiger partial charge in [0.1, 0.15) is 0 Å². The fraction of sp³-hybridized carbons (Fsp3) is 0.929. The number of hydrogen-bond donors (Lipinski definition) is 1. The van der Waals surface area contributed by atoms with Crippen molar-refractivity contribution in [1.82, 2.24) is 14.1 Å². The van der Waals surface area contributed by atoms with Crippen LogP contribution in [-0.2, 0) is 14.8 Å². The number of nitrogens with zero attached hydrogens (tertiary/aromatic N) is 3. The standard InChI is InChI=1S/C14H25N3O4S/c18-13-4-1-3-12(13)15-6-8-16(9-7-15)14(19)11-17-5-2-10-22(17,20)21/h12-13,18H,1-11H2/t12-,13-/m1/s1.